The van der Waals surface area contributed by atoms with Crippen LogP contribution in [0.1, 0.15) is 24.2 Å². The van der Waals surface area contributed by atoms with Crippen molar-refractivity contribution in [2.45, 2.75) is 19.6 Å². The first kappa shape index (κ1) is 11.5. The average molecular weight is 213 g/mol. The molecule has 0 bridgehead atoms. The molecule has 1 rings (SSSR count). The summed E-state index contributed by atoms with van der Waals surface area (Å²) in [5.41, 5.74) is 5.37. The van der Waals surface area contributed by atoms with Gasteiger partial charge in [0.1, 0.15) is 11.9 Å². The maximum atomic E-state index is 13.2. The molecule has 0 saturated carbocycles. The van der Waals surface area contributed by atoms with Gasteiger partial charge in [-0.15, -0.1) is 0 Å². The van der Waals surface area contributed by atoms with Crippen molar-refractivity contribution in [3.05, 3.63) is 35.1 Å². The molecule has 0 aromatic heterocycles. The Morgan fingerprint density at radius 1 is 1.67 bits per heavy atom. The van der Waals surface area contributed by atoms with Crippen LogP contribution in [-0.4, -0.2) is 11.2 Å². The molecule has 0 unspecified atom stereocenters. The molecule has 0 aliphatic heterocycles. The molecule has 4 nitrogen and oxygen atoms in total. The van der Waals surface area contributed by atoms with E-state index in [0.29, 0.717) is 5.56 Å². The smallest absolute Gasteiger partial charge is 0.405 e. The van der Waals surface area contributed by atoms with E-state index in [-0.39, 0.29) is 5.56 Å². The Bertz CT molecular complexity index is 368. The summed E-state index contributed by atoms with van der Waals surface area (Å²) in [6.07, 6.45) is -1.61. The van der Waals surface area contributed by atoms with Crippen molar-refractivity contribution in [3.63, 3.8) is 0 Å². The van der Waals surface area contributed by atoms with Gasteiger partial charge in [0.15, 0.2) is 0 Å². The van der Waals surface area contributed by atoms with E-state index in [1.807, 2.05) is 0 Å². The van der Waals surface area contributed by atoms with Crippen LogP contribution in [0.15, 0.2) is 18.2 Å². The van der Waals surface area contributed by atoms with E-state index in [4.69, 9.17) is 15.6 Å². The number of rotatable bonds is 3. The average Bonchev–Trinajstić information content (AvgIpc) is 2.16. The van der Waals surface area contributed by atoms with Crippen molar-refractivity contribution < 1.29 is 19.0 Å². The van der Waals surface area contributed by atoms with Crippen LogP contribution in [0.25, 0.3) is 0 Å². The number of amides is 1. The van der Waals surface area contributed by atoms with Gasteiger partial charge in [-0.05, 0) is 13.0 Å². The van der Waals surface area contributed by atoms with Crippen LogP contribution in [-0.2, 0) is 11.3 Å². The number of carbonyl (C=O) groups is 1. The molecule has 5 heteroatoms. The number of hydrogen-bond acceptors (Lipinski definition) is 3. The third kappa shape index (κ3) is 2.66. The van der Waals surface area contributed by atoms with Crippen LogP contribution in [0.2, 0.25) is 0 Å². The highest BCUT2D eigenvalue weighted by atomic mass is 19.1. The quantitative estimate of drug-likeness (QED) is 0.798. The molecule has 1 aromatic rings. The molecular weight excluding hydrogens is 201 g/mol. The summed E-state index contributed by atoms with van der Waals surface area (Å²) in [7, 11) is 0. The highest BCUT2D eigenvalue weighted by molar-refractivity contribution is 5.65. The van der Waals surface area contributed by atoms with E-state index in [9.17, 15) is 9.18 Å². The lowest BCUT2D eigenvalue weighted by Gasteiger charge is -2.15. The van der Waals surface area contributed by atoms with E-state index >= 15 is 0 Å². The fourth-order valence-corrected chi connectivity index (χ4v) is 1.36. The molecule has 0 aliphatic rings. The lowest BCUT2D eigenvalue weighted by atomic mass is 10.0. The second-order valence-corrected chi connectivity index (χ2v) is 3.04. The van der Waals surface area contributed by atoms with Crippen LogP contribution in [0.3, 0.4) is 0 Å². The number of halogens is 1. The molecule has 0 fully saturated rings. The standard InChI is InChI=1S/C10H12FNO3/c1-6(15-10(12)14)7-3-2-4-9(11)8(7)5-13/h2-4,6,13H,5H2,1H3,(H2,12,14)/t6-/m1/s1. The first-order chi connectivity index (χ1) is 7.06. The zero-order valence-electron chi connectivity index (χ0n) is 8.24. The maximum Gasteiger partial charge on any atom is 0.405 e. The van der Waals surface area contributed by atoms with Crippen LogP contribution in [0.5, 0.6) is 0 Å². The van der Waals surface area contributed by atoms with E-state index in [1.165, 1.54) is 12.1 Å². The fraction of sp³-hybridized carbons (Fsp3) is 0.300. The number of aliphatic hydroxyl groups excluding tert-OH is 1. The summed E-state index contributed by atoms with van der Waals surface area (Å²) in [6.45, 7) is 1.10. The van der Waals surface area contributed by atoms with E-state index in [2.05, 4.69) is 0 Å². The molecule has 0 spiro atoms. The minimum atomic E-state index is -0.935. The molecule has 3 N–H and O–H groups in total. The van der Waals surface area contributed by atoms with Crippen LogP contribution < -0.4 is 5.73 Å². The number of hydrogen-bond donors (Lipinski definition) is 2. The SMILES string of the molecule is C[C@@H](OC(N)=O)c1cccc(F)c1CO. The highest BCUT2D eigenvalue weighted by Crippen LogP contribution is 2.23. The van der Waals surface area contributed by atoms with Gasteiger partial charge in [-0.25, -0.2) is 9.18 Å². The van der Waals surface area contributed by atoms with Gasteiger partial charge in [0.05, 0.1) is 6.61 Å². The molecule has 82 valence electrons. The normalized spacial score (nSPS) is 12.2. The van der Waals surface area contributed by atoms with Gasteiger partial charge in [0, 0.05) is 11.1 Å². The van der Waals surface area contributed by atoms with Crippen molar-refractivity contribution in [2.75, 3.05) is 0 Å². The topological polar surface area (TPSA) is 72.5 Å². The van der Waals surface area contributed by atoms with Crippen LogP contribution in [0.4, 0.5) is 9.18 Å². The lowest BCUT2D eigenvalue weighted by Crippen LogP contribution is -2.16. The Labute approximate surface area is 86.5 Å². The van der Waals surface area contributed by atoms with Crippen molar-refractivity contribution in [1.29, 1.82) is 0 Å². The Hall–Kier alpha value is -1.62. The second kappa shape index (κ2) is 4.75. The van der Waals surface area contributed by atoms with Crippen LogP contribution in [0, 0.1) is 5.82 Å². The largest absolute Gasteiger partial charge is 0.442 e. The van der Waals surface area contributed by atoms with Gasteiger partial charge in [0.25, 0.3) is 0 Å². The van der Waals surface area contributed by atoms with E-state index in [0.717, 1.165) is 0 Å². The monoisotopic (exact) mass is 213 g/mol. The minimum Gasteiger partial charge on any atom is -0.442 e. The van der Waals surface area contributed by atoms with Gasteiger partial charge in [-0.2, -0.15) is 0 Å². The minimum absolute atomic E-state index is 0.117. The molecule has 1 amide bonds. The third-order valence-corrected chi connectivity index (χ3v) is 2.04. The Morgan fingerprint density at radius 2 is 2.33 bits per heavy atom. The number of ether oxygens (including phenoxy) is 1. The number of benzene rings is 1. The molecule has 0 saturated heterocycles. The summed E-state index contributed by atoms with van der Waals surface area (Å²) in [5.74, 6) is -0.532. The van der Waals surface area contributed by atoms with Gasteiger partial charge < -0.3 is 15.6 Å². The van der Waals surface area contributed by atoms with E-state index in [1.54, 1.807) is 13.0 Å². The lowest BCUT2D eigenvalue weighted by molar-refractivity contribution is 0.115. The predicted molar refractivity (Wildman–Crippen MR) is 51.4 cm³/mol. The Kier molecular flexibility index (Phi) is 3.62. The first-order valence-corrected chi connectivity index (χ1v) is 4.40. The van der Waals surface area contributed by atoms with Gasteiger partial charge in [-0.3, -0.25) is 0 Å². The predicted octanol–water partition coefficient (Wildman–Crippen LogP) is 1.47. The van der Waals surface area contributed by atoms with Crippen molar-refractivity contribution in [3.8, 4) is 0 Å². The number of nitrogens with two attached hydrogens (primary N) is 1. The van der Waals surface area contributed by atoms with Crippen molar-refractivity contribution >= 4 is 6.09 Å². The summed E-state index contributed by atoms with van der Waals surface area (Å²) in [5, 5.41) is 8.97. The Morgan fingerprint density at radius 3 is 2.87 bits per heavy atom. The zero-order valence-corrected chi connectivity index (χ0v) is 8.24. The second-order valence-electron chi connectivity index (χ2n) is 3.04. The Balaban J connectivity index is 3.02. The summed E-state index contributed by atoms with van der Waals surface area (Å²) in [6, 6.07) is 4.28. The maximum absolute atomic E-state index is 13.2. The number of aliphatic hydroxyl groups is 1. The summed E-state index contributed by atoms with van der Waals surface area (Å²) >= 11 is 0. The number of primary amides is 1. The number of carbonyl (C=O) groups excluding carboxylic acids is 1. The fourth-order valence-electron chi connectivity index (χ4n) is 1.36. The van der Waals surface area contributed by atoms with Gasteiger partial charge in [0.2, 0.25) is 0 Å². The van der Waals surface area contributed by atoms with Gasteiger partial charge in [-0.1, -0.05) is 12.1 Å². The molecule has 0 aliphatic carbocycles. The highest BCUT2D eigenvalue weighted by Gasteiger charge is 2.15. The summed E-state index contributed by atoms with van der Waals surface area (Å²) in [4.78, 5) is 10.5. The summed E-state index contributed by atoms with van der Waals surface area (Å²) < 4.78 is 17.9. The first-order valence-electron chi connectivity index (χ1n) is 4.40. The molecule has 0 radical (unpaired) electrons. The zero-order chi connectivity index (χ0) is 11.4. The van der Waals surface area contributed by atoms with Crippen molar-refractivity contribution in [2.24, 2.45) is 5.73 Å². The van der Waals surface area contributed by atoms with E-state index < -0.39 is 24.6 Å². The molecule has 1 atom stereocenters. The molecule has 15 heavy (non-hydrogen) atoms. The third-order valence-electron chi connectivity index (χ3n) is 2.04. The van der Waals surface area contributed by atoms with Gasteiger partial charge >= 0.3 is 6.09 Å². The van der Waals surface area contributed by atoms with Crippen LogP contribution >= 0.6 is 0 Å². The molecular formula is C10H12FNO3. The molecule has 0 heterocycles. The van der Waals surface area contributed by atoms with Crippen molar-refractivity contribution in [1.82, 2.24) is 0 Å². The molecule has 1 aromatic carbocycles.